The molecule has 0 amide bonds. The monoisotopic (exact) mass is 196 g/mol. The van der Waals surface area contributed by atoms with Crippen LogP contribution in [0, 0.1) is 0 Å². The minimum absolute atomic E-state index is 0.480. The predicted molar refractivity (Wildman–Crippen MR) is 53.4 cm³/mol. The van der Waals surface area contributed by atoms with E-state index in [9.17, 15) is 4.79 Å². The Kier molecular flexibility index (Phi) is 3.07. The highest BCUT2D eigenvalue weighted by Crippen LogP contribution is 2.13. The number of benzene rings is 1. The van der Waals surface area contributed by atoms with E-state index < -0.39 is 5.54 Å². The van der Waals surface area contributed by atoms with E-state index in [1.807, 2.05) is 12.1 Å². The molecule has 1 atom stereocenters. The first kappa shape index (κ1) is 10.2. The van der Waals surface area contributed by atoms with Crippen LogP contribution >= 0.6 is 11.6 Å². The van der Waals surface area contributed by atoms with Crippen LogP contribution in [0.1, 0.15) is 12.5 Å². The van der Waals surface area contributed by atoms with Gasteiger partial charge >= 0.3 is 0 Å². The van der Waals surface area contributed by atoms with E-state index in [4.69, 9.17) is 17.3 Å². The first-order valence-electron chi connectivity index (χ1n) is 3.96. The van der Waals surface area contributed by atoms with Gasteiger partial charge in [0.2, 0.25) is 6.29 Å². The van der Waals surface area contributed by atoms with E-state index in [2.05, 4.69) is 0 Å². The van der Waals surface area contributed by atoms with Gasteiger partial charge in [0.15, 0.2) is 0 Å². The average Bonchev–Trinajstić information content (AvgIpc) is 2.09. The number of hydrogen-bond donors (Lipinski definition) is 1. The van der Waals surface area contributed by atoms with Gasteiger partial charge in [0, 0.05) is 5.02 Å². The second-order valence-electron chi connectivity index (χ2n) is 3.32. The van der Waals surface area contributed by atoms with Crippen LogP contribution in [0.5, 0.6) is 0 Å². The second kappa shape index (κ2) is 3.90. The first-order chi connectivity index (χ1) is 6.03. The van der Waals surface area contributed by atoms with E-state index in [0.29, 0.717) is 11.4 Å². The van der Waals surface area contributed by atoms with Crippen LogP contribution in [-0.2, 0) is 11.2 Å². The SMILES string of the molecule is C[C@@](N)([C]=O)Cc1ccc(Cl)cc1. The van der Waals surface area contributed by atoms with Gasteiger partial charge in [-0.3, -0.25) is 4.79 Å². The summed E-state index contributed by atoms with van der Waals surface area (Å²) in [7, 11) is 0. The lowest BCUT2D eigenvalue weighted by molar-refractivity contribution is 0.498. The minimum atomic E-state index is -0.909. The molecule has 2 N–H and O–H groups in total. The maximum absolute atomic E-state index is 10.4. The van der Waals surface area contributed by atoms with E-state index in [1.165, 1.54) is 0 Å². The summed E-state index contributed by atoms with van der Waals surface area (Å²) < 4.78 is 0. The van der Waals surface area contributed by atoms with Crippen LogP contribution in [0.3, 0.4) is 0 Å². The van der Waals surface area contributed by atoms with Gasteiger partial charge in [-0.2, -0.15) is 0 Å². The lowest BCUT2D eigenvalue weighted by Gasteiger charge is -2.15. The second-order valence-corrected chi connectivity index (χ2v) is 3.76. The molecule has 0 aliphatic carbocycles. The minimum Gasteiger partial charge on any atom is -0.319 e. The molecule has 1 aromatic carbocycles. The molecular weight excluding hydrogens is 186 g/mol. The molecule has 1 aromatic rings. The molecular formula is C10H11ClNO. The molecule has 13 heavy (non-hydrogen) atoms. The Bertz CT molecular complexity index is 292. The quantitative estimate of drug-likeness (QED) is 0.800. The number of rotatable bonds is 3. The van der Waals surface area contributed by atoms with Gasteiger partial charge < -0.3 is 5.73 Å². The summed E-state index contributed by atoms with van der Waals surface area (Å²) in [5.74, 6) is 0. The number of halogens is 1. The van der Waals surface area contributed by atoms with Crippen LogP contribution in [0.25, 0.3) is 0 Å². The van der Waals surface area contributed by atoms with Crippen molar-refractivity contribution in [3.05, 3.63) is 34.9 Å². The highest BCUT2D eigenvalue weighted by atomic mass is 35.5. The third-order valence-electron chi connectivity index (χ3n) is 1.72. The summed E-state index contributed by atoms with van der Waals surface area (Å²) >= 11 is 5.71. The molecule has 1 radical (unpaired) electrons. The highest BCUT2D eigenvalue weighted by Gasteiger charge is 2.18. The van der Waals surface area contributed by atoms with Crippen molar-refractivity contribution in [2.45, 2.75) is 18.9 Å². The molecule has 0 aromatic heterocycles. The predicted octanol–water partition coefficient (Wildman–Crippen LogP) is 1.71. The Balaban J connectivity index is 2.75. The third-order valence-corrected chi connectivity index (χ3v) is 1.97. The summed E-state index contributed by atoms with van der Waals surface area (Å²) in [6.45, 7) is 1.65. The van der Waals surface area contributed by atoms with Gasteiger partial charge in [0.1, 0.15) is 0 Å². The van der Waals surface area contributed by atoms with E-state index in [-0.39, 0.29) is 0 Å². The molecule has 2 nitrogen and oxygen atoms in total. The maximum Gasteiger partial charge on any atom is 0.220 e. The fourth-order valence-corrected chi connectivity index (χ4v) is 1.19. The van der Waals surface area contributed by atoms with E-state index in [1.54, 1.807) is 25.3 Å². The van der Waals surface area contributed by atoms with Crippen LogP contribution in [0.4, 0.5) is 0 Å². The zero-order valence-corrected chi connectivity index (χ0v) is 8.14. The van der Waals surface area contributed by atoms with Crippen molar-refractivity contribution in [1.82, 2.24) is 0 Å². The number of nitrogens with two attached hydrogens (primary N) is 1. The van der Waals surface area contributed by atoms with Crippen molar-refractivity contribution in [1.29, 1.82) is 0 Å². The topological polar surface area (TPSA) is 43.1 Å². The normalized spacial score (nSPS) is 15.0. The van der Waals surface area contributed by atoms with Crippen molar-refractivity contribution < 1.29 is 4.79 Å². The summed E-state index contributed by atoms with van der Waals surface area (Å²) in [4.78, 5) is 10.4. The van der Waals surface area contributed by atoms with Crippen LogP contribution in [0.2, 0.25) is 5.02 Å². The van der Waals surface area contributed by atoms with Gasteiger partial charge in [-0.25, -0.2) is 0 Å². The summed E-state index contributed by atoms with van der Waals surface area (Å²) in [6.07, 6.45) is 2.28. The molecule has 0 fully saturated rings. The maximum atomic E-state index is 10.4. The van der Waals surface area contributed by atoms with Crippen molar-refractivity contribution in [2.24, 2.45) is 5.73 Å². The zero-order valence-electron chi connectivity index (χ0n) is 7.38. The molecule has 1 rings (SSSR count). The molecule has 0 bridgehead atoms. The van der Waals surface area contributed by atoms with Gasteiger partial charge in [0.05, 0.1) is 5.54 Å². The lowest BCUT2D eigenvalue weighted by atomic mass is 9.96. The van der Waals surface area contributed by atoms with E-state index in [0.717, 1.165) is 5.56 Å². The molecule has 3 heteroatoms. The van der Waals surface area contributed by atoms with Gasteiger partial charge in [-0.1, -0.05) is 23.7 Å². The molecule has 0 aliphatic rings. The van der Waals surface area contributed by atoms with Crippen molar-refractivity contribution in [3.8, 4) is 0 Å². The fraction of sp³-hybridized carbons (Fsp3) is 0.300. The molecule has 0 heterocycles. The molecule has 0 aliphatic heterocycles. The Morgan fingerprint density at radius 1 is 1.46 bits per heavy atom. The van der Waals surface area contributed by atoms with Gasteiger partial charge in [-0.05, 0) is 31.0 Å². The van der Waals surface area contributed by atoms with Crippen LogP contribution < -0.4 is 5.73 Å². The molecule has 0 spiro atoms. The largest absolute Gasteiger partial charge is 0.319 e. The highest BCUT2D eigenvalue weighted by molar-refractivity contribution is 6.30. The van der Waals surface area contributed by atoms with Crippen molar-refractivity contribution >= 4 is 17.9 Å². The summed E-state index contributed by atoms with van der Waals surface area (Å²) in [5.41, 5.74) is 5.70. The standard InChI is InChI=1S/C10H11ClNO/c1-10(12,7-13)6-8-2-4-9(11)5-3-8/h2-5H,6,12H2,1H3/t10-/m0/s1. The first-order valence-corrected chi connectivity index (χ1v) is 4.34. The molecule has 0 saturated carbocycles. The Morgan fingerprint density at radius 3 is 2.46 bits per heavy atom. The fourth-order valence-electron chi connectivity index (χ4n) is 1.06. The van der Waals surface area contributed by atoms with Crippen molar-refractivity contribution in [3.63, 3.8) is 0 Å². The van der Waals surface area contributed by atoms with Crippen molar-refractivity contribution in [2.75, 3.05) is 0 Å². The van der Waals surface area contributed by atoms with E-state index >= 15 is 0 Å². The Morgan fingerprint density at radius 2 is 2.00 bits per heavy atom. The average molecular weight is 197 g/mol. The summed E-state index contributed by atoms with van der Waals surface area (Å²) in [6, 6.07) is 7.26. The number of hydrogen-bond acceptors (Lipinski definition) is 2. The van der Waals surface area contributed by atoms with Crippen LogP contribution in [-0.4, -0.2) is 11.8 Å². The number of carbonyl (C=O) groups excluding carboxylic acids is 1. The summed E-state index contributed by atoms with van der Waals surface area (Å²) in [5, 5.41) is 0.678. The Hall–Kier alpha value is -0.860. The Labute approximate surface area is 82.7 Å². The smallest absolute Gasteiger partial charge is 0.220 e. The lowest BCUT2D eigenvalue weighted by Crippen LogP contribution is -2.40. The molecule has 69 valence electrons. The molecule has 0 saturated heterocycles. The van der Waals surface area contributed by atoms with Gasteiger partial charge in [0.25, 0.3) is 0 Å². The third kappa shape index (κ3) is 3.17. The van der Waals surface area contributed by atoms with Crippen LogP contribution in [0.15, 0.2) is 24.3 Å². The van der Waals surface area contributed by atoms with Gasteiger partial charge in [-0.15, -0.1) is 0 Å². The zero-order chi connectivity index (χ0) is 9.90. The molecule has 0 unspecified atom stereocenters.